The molecule has 1 heterocycles. The van der Waals surface area contributed by atoms with Gasteiger partial charge in [0.2, 0.25) is 0 Å². The third-order valence-electron chi connectivity index (χ3n) is 2.71. The SMILES string of the molecule is CC(CCN(C)C)Nc1cc(C(=O)O)c([N+](=O)[O-])cn1. The lowest BCUT2D eigenvalue weighted by atomic mass is 10.2. The second kappa shape index (κ2) is 6.80. The predicted molar refractivity (Wildman–Crippen MR) is 74.1 cm³/mol. The number of anilines is 1. The van der Waals surface area contributed by atoms with Crippen LogP contribution in [0.4, 0.5) is 11.5 Å². The molecule has 1 aromatic heterocycles. The normalized spacial score (nSPS) is 12.2. The van der Waals surface area contributed by atoms with Gasteiger partial charge in [0.15, 0.2) is 0 Å². The fourth-order valence-corrected chi connectivity index (χ4v) is 1.62. The fourth-order valence-electron chi connectivity index (χ4n) is 1.62. The second-order valence-electron chi connectivity index (χ2n) is 4.79. The molecule has 110 valence electrons. The van der Waals surface area contributed by atoms with E-state index in [1.165, 1.54) is 6.07 Å². The van der Waals surface area contributed by atoms with Crippen molar-refractivity contribution in [2.75, 3.05) is 26.0 Å². The quantitative estimate of drug-likeness (QED) is 0.575. The number of aromatic carboxylic acids is 1. The number of aromatic nitrogens is 1. The smallest absolute Gasteiger partial charge is 0.342 e. The lowest BCUT2D eigenvalue weighted by Gasteiger charge is -2.17. The Hall–Kier alpha value is -2.22. The van der Waals surface area contributed by atoms with E-state index in [1.807, 2.05) is 25.9 Å². The minimum atomic E-state index is -1.34. The van der Waals surface area contributed by atoms with Crippen LogP contribution < -0.4 is 5.32 Å². The molecular formula is C12H18N4O4. The summed E-state index contributed by atoms with van der Waals surface area (Å²) in [6.45, 7) is 2.81. The molecule has 0 saturated heterocycles. The van der Waals surface area contributed by atoms with Crippen LogP contribution in [0.2, 0.25) is 0 Å². The van der Waals surface area contributed by atoms with E-state index in [1.54, 1.807) is 0 Å². The fraction of sp³-hybridized carbons (Fsp3) is 0.500. The molecule has 0 saturated carbocycles. The van der Waals surface area contributed by atoms with Gasteiger partial charge >= 0.3 is 11.7 Å². The van der Waals surface area contributed by atoms with Crippen molar-refractivity contribution in [3.05, 3.63) is 27.9 Å². The van der Waals surface area contributed by atoms with Crippen LogP contribution in [0.25, 0.3) is 0 Å². The molecule has 0 aliphatic rings. The highest BCUT2D eigenvalue weighted by Gasteiger charge is 2.21. The zero-order valence-electron chi connectivity index (χ0n) is 11.7. The maximum absolute atomic E-state index is 11.0. The summed E-state index contributed by atoms with van der Waals surface area (Å²) in [6.07, 6.45) is 1.80. The first-order chi connectivity index (χ1) is 9.31. The maximum Gasteiger partial charge on any atom is 0.342 e. The average molecular weight is 282 g/mol. The average Bonchev–Trinajstić information content (AvgIpc) is 2.35. The summed E-state index contributed by atoms with van der Waals surface area (Å²) >= 11 is 0. The molecule has 0 aromatic carbocycles. The number of nitro groups is 1. The highest BCUT2D eigenvalue weighted by molar-refractivity contribution is 5.93. The summed E-state index contributed by atoms with van der Waals surface area (Å²) in [5.41, 5.74) is -0.878. The minimum absolute atomic E-state index is 0.0769. The molecule has 1 atom stereocenters. The number of carbonyl (C=O) groups is 1. The minimum Gasteiger partial charge on any atom is -0.477 e. The van der Waals surface area contributed by atoms with Crippen molar-refractivity contribution in [2.45, 2.75) is 19.4 Å². The van der Waals surface area contributed by atoms with Crippen LogP contribution in [-0.4, -0.2) is 52.6 Å². The highest BCUT2D eigenvalue weighted by Crippen LogP contribution is 2.20. The zero-order valence-corrected chi connectivity index (χ0v) is 11.7. The molecule has 1 aromatic rings. The van der Waals surface area contributed by atoms with Crippen LogP contribution in [0.3, 0.4) is 0 Å². The molecule has 20 heavy (non-hydrogen) atoms. The first-order valence-corrected chi connectivity index (χ1v) is 6.10. The maximum atomic E-state index is 11.0. The van der Waals surface area contributed by atoms with Crippen LogP contribution in [-0.2, 0) is 0 Å². The van der Waals surface area contributed by atoms with E-state index >= 15 is 0 Å². The lowest BCUT2D eigenvalue weighted by Crippen LogP contribution is -2.23. The summed E-state index contributed by atoms with van der Waals surface area (Å²) in [5, 5.41) is 22.7. The highest BCUT2D eigenvalue weighted by atomic mass is 16.6. The Morgan fingerprint density at radius 2 is 2.25 bits per heavy atom. The van der Waals surface area contributed by atoms with Crippen molar-refractivity contribution < 1.29 is 14.8 Å². The van der Waals surface area contributed by atoms with Gasteiger partial charge in [-0.15, -0.1) is 0 Å². The third kappa shape index (κ3) is 4.47. The van der Waals surface area contributed by atoms with Crippen molar-refractivity contribution in [1.82, 2.24) is 9.88 Å². The van der Waals surface area contributed by atoms with Gasteiger partial charge in [-0.1, -0.05) is 0 Å². The van der Waals surface area contributed by atoms with E-state index in [0.717, 1.165) is 19.2 Å². The molecule has 0 bridgehead atoms. The monoisotopic (exact) mass is 282 g/mol. The van der Waals surface area contributed by atoms with Gasteiger partial charge in [0, 0.05) is 12.1 Å². The van der Waals surface area contributed by atoms with Crippen LogP contribution in [0.1, 0.15) is 23.7 Å². The van der Waals surface area contributed by atoms with Gasteiger partial charge in [-0.3, -0.25) is 10.1 Å². The molecule has 0 fully saturated rings. The Morgan fingerprint density at radius 1 is 1.60 bits per heavy atom. The summed E-state index contributed by atoms with van der Waals surface area (Å²) in [6, 6.07) is 1.26. The molecule has 0 spiro atoms. The molecule has 1 unspecified atom stereocenters. The van der Waals surface area contributed by atoms with Gasteiger partial charge in [-0.2, -0.15) is 0 Å². The number of nitrogens with one attached hydrogen (secondary N) is 1. The van der Waals surface area contributed by atoms with Gasteiger partial charge in [0.25, 0.3) is 0 Å². The summed E-state index contributed by atoms with van der Waals surface area (Å²) < 4.78 is 0. The first kappa shape index (κ1) is 15.8. The molecule has 0 aliphatic heterocycles. The molecule has 0 radical (unpaired) electrons. The van der Waals surface area contributed by atoms with E-state index in [-0.39, 0.29) is 11.6 Å². The first-order valence-electron chi connectivity index (χ1n) is 6.10. The van der Waals surface area contributed by atoms with E-state index in [2.05, 4.69) is 10.3 Å². The van der Waals surface area contributed by atoms with E-state index in [0.29, 0.717) is 5.82 Å². The van der Waals surface area contributed by atoms with Gasteiger partial charge in [-0.25, -0.2) is 9.78 Å². The Labute approximate surface area is 116 Å². The topological polar surface area (TPSA) is 109 Å². The number of rotatable bonds is 7. The second-order valence-corrected chi connectivity index (χ2v) is 4.79. The van der Waals surface area contributed by atoms with Crippen LogP contribution >= 0.6 is 0 Å². The number of hydrogen-bond acceptors (Lipinski definition) is 6. The Kier molecular flexibility index (Phi) is 5.39. The number of carboxylic acids is 1. The van der Waals surface area contributed by atoms with Crippen molar-refractivity contribution in [3.63, 3.8) is 0 Å². The molecule has 8 heteroatoms. The van der Waals surface area contributed by atoms with Gasteiger partial charge < -0.3 is 15.3 Å². The molecule has 0 amide bonds. The number of hydrogen-bond donors (Lipinski definition) is 2. The van der Waals surface area contributed by atoms with Gasteiger partial charge in [0.05, 0.1) is 4.92 Å². The van der Waals surface area contributed by atoms with Crippen molar-refractivity contribution >= 4 is 17.5 Å². The van der Waals surface area contributed by atoms with Gasteiger partial charge in [-0.05, 0) is 34.0 Å². The summed E-state index contributed by atoms with van der Waals surface area (Å²) in [7, 11) is 3.92. The lowest BCUT2D eigenvalue weighted by molar-refractivity contribution is -0.385. The molecule has 8 nitrogen and oxygen atoms in total. The summed E-state index contributed by atoms with van der Waals surface area (Å²) in [5.74, 6) is -1.03. The largest absolute Gasteiger partial charge is 0.477 e. The molecule has 2 N–H and O–H groups in total. The zero-order chi connectivity index (χ0) is 15.3. The molecule has 0 aliphatic carbocycles. The number of carboxylic acid groups (broad SMARTS) is 1. The number of pyridine rings is 1. The van der Waals surface area contributed by atoms with Crippen molar-refractivity contribution in [2.24, 2.45) is 0 Å². The Bertz CT molecular complexity index is 504. The van der Waals surface area contributed by atoms with Crippen molar-refractivity contribution in [3.8, 4) is 0 Å². The van der Waals surface area contributed by atoms with Gasteiger partial charge in [0.1, 0.15) is 17.6 Å². The standard InChI is InChI=1S/C12H18N4O4/c1-8(4-5-15(2)3)14-11-6-9(12(17)18)10(7-13-11)16(19)20/h6-8H,4-5H2,1-3H3,(H,13,14)(H,17,18). The Balaban J connectivity index is 2.84. The predicted octanol–water partition coefficient (Wildman–Crippen LogP) is 1.44. The van der Waals surface area contributed by atoms with Crippen LogP contribution in [0, 0.1) is 10.1 Å². The van der Waals surface area contributed by atoms with E-state index in [9.17, 15) is 14.9 Å². The van der Waals surface area contributed by atoms with Crippen molar-refractivity contribution in [1.29, 1.82) is 0 Å². The van der Waals surface area contributed by atoms with Crippen LogP contribution in [0.5, 0.6) is 0 Å². The summed E-state index contributed by atoms with van der Waals surface area (Å²) in [4.78, 5) is 26.9. The Morgan fingerprint density at radius 3 is 2.75 bits per heavy atom. The third-order valence-corrected chi connectivity index (χ3v) is 2.71. The van der Waals surface area contributed by atoms with Crippen LogP contribution in [0.15, 0.2) is 12.3 Å². The molecular weight excluding hydrogens is 264 g/mol. The number of nitrogens with zero attached hydrogens (tertiary/aromatic N) is 3. The van der Waals surface area contributed by atoms with E-state index in [4.69, 9.17) is 5.11 Å². The molecule has 1 rings (SSSR count). The van der Waals surface area contributed by atoms with E-state index < -0.39 is 16.6 Å².